The molecule has 2 aromatic rings. The van der Waals surface area contributed by atoms with Gasteiger partial charge in [-0.25, -0.2) is 13.4 Å². The summed E-state index contributed by atoms with van der Waals surface area (Å²) in [6.45, 7) is 3.23. The second-order valence-corrected chi connectivity index (χ2v) is 7.77. The highest BCUT2D eigenvalue weighted by molar-refractivity contribution is 7.89. The number of oxazole rings is 1. The van der Waals surface area contributed by atoms with Gasteiger partial charge in [0.15, 0.2) is 12.0 Å². The number of aromatic nitrogens is 1. The van der Waals surface area contributed by atoms with Gasteiger partial charge in [-0.15, -0.1) is 0 Å². The Morgan fingerprint density at radius 1 is 1.26 bits per heavy atom. The van der Waals surface area contributed by atoms with Gasteiger partial charge in [0.25, 0.3) is 0 Å². The minimum Gasteiger partial charge on any atom is -0.443 e. The largest absolute Gasteiger partial charge is 0.443 e. The van der Waals surface area contributed by atoms with Crippen LogP contribution < -0.4 is 0 Å². The van der Waals surface area contributed by atoms with E-state index in [-0.39, 0.29) is 18.1 Å². The van der Waals surface area contributed by atoms with E-state index in [0.717, 1.165) is 11.1 Å². The van der Waals surface area contributed by atoms with E-state index in [1.807, 2.05) is 18.2 Å². The molecule has 1 fully saturated rings. The molecule has 0 bridgehead atoms. The molecule has 1 aromatic heterocycles. The van der Waals surface area contributed by atoms with Crippen LogP contribution >= 0.6 is 0 Å². The zero-order valence-corrected chi connectivity index (χ0v) is 13.8. The van der Waals surface area contributed by atoms with Crippen LogP contribution in [0.25, 0.3) is 11.1 Å². The van der Waals surface area contributed by atoms with Crippen molar-refractivity contribution in [3.63, 3.8) is 0 Å². The highest BCUT2D eigenvalue weighted by atomic mass is 32.2. The molecular weight excluding hydrogens is 318 g/mol. The molecule has 2 heterocycles. The van der Waals surface area contributed by atoms with Crippen LogP contribution in [-0.2, 0) is 21.2 Å². The van der Waals surface area contributed by atoms with Crippen molar-refractivity contribution < 1.29 is 17.6 Å². The molecule has 0 unspecified atom stereocenters. The number of nitrogens with zero attached hydrogens (tertiary/aromatic N) is 3. The third-order valence-electron chi connectivity index (χ3n) is 4.10. The number of hydrogen-bond donors (Lipinski definition) is 0. The Labute approximate surface area is 134 Å². The summed E-state index contributed by atoms with van der Waals surface area (Å²) in [6, 6.07) is 5.51. The van der Waals surface area contributed by atoms with Gasteiger partial charge < -0.3 is 9.32 Å². The van der Waals surface area contributed by atoms with E-state index < -0.39 is 10.0 Å². The van der Waals surface area contributed by atoms with Crippen molar-refractivity contribution in [3.05, 3.63) is 30.2 Å². The van der Waals surface area contributed by atoms with E-state index in [2.05, 4.69) is 4.98 Å². The first kappa shape index (κ1) is 15.9. The SMILES string of the molecule is CCS(=O)(=O)N1CCN(C(=O)Cc2ccc3ncoc3c2)CC1. The number of benzene rings is 1. The lowest BCUT2D eigenvalue weighted by atomic mass is 10.1. The summed E-state index contributed by atoms with van der Waals surface area (Å²) in [5.74, 6) is 0.0930. The van der Waals surface area contributed by atoms with E-state index in [9.17, 15) is 13.2 Å². The summed E-state index contributed by atoms with van der Waals surface area (Å²) in [6.07, 6.45) is 1.65. The highest BCUT2D eigenvalue weighted by Gasteiger charge is 2.27. The predicted octanol–water partition coefficient (Wildman–Crippen LogP) is 0.864. The van der Waals surface area contributed by atoms with Gasteiger partial charge in [-0.3, -0.25) is 4.79 Å². The summed E-state index contributed by atoms with van der Waals surface area (Å²) >= 11 is 0. The first-order valence-electron chi connectivity index (χ1n) is 7.57. The molecule has 0 aliphatic carbocycles. The fourth-order valence-corrected chi connectivity index (χ4v) is 3.78. The third-order valence-corrected chi connectivity index (χ3v) is 5.98. The Kier molecular flexibility index (Phi) is 4.36. The topological polar surface area (TPSA) is 83.7 Å². The molecule has 0 atom stereocenters. The quantitative estimate of drug-likeness (QED) is 0.826. The van der Waals surface area contributed by atoms with Gasteiger partial charge >= 0.3 is 0 Å². The van der Waals surface area contributed by atoms with Crippen molar-refractivity contribution in [2.24, 2.45) is 0 Å². The minimum absolute atomic E-state index is 0.00240. The van der Waals surface area contributed by atoms with Gasteiger partial charge in [0.05, 0.1) is 12.2 Å². The van der Waals surface area contributed by atoms with Crippen LogP contribution in [-0.4, -0.2) is 60.4 Å². The van der Waals surface area contributed by atoms with Crippen LogP contribution in [0, 0.1) is 0 Å². The zero-order chi connectivity index (χ0) is 16.4. The summed E-state index contributed by atoms with van der Waals surface area (Å²) in [5, 5.41) is 0. The second-order valence-electron chi connectivity index (χ2n) is 5.51. The van der Waals surface area contributed by atoms with Gasteiger partial charge in [-0.2, -0.15) is 4.31 Å². The predicted molar refractivity (Wildman–Crippen MR) is 85.3 cm³/mol. The Morgan fingerprint density at radius 3 is 2.70 bits per heavy atom. The van der Waals surface area contributed by atoms with Gasteiger partial charge in [-0.1, -0.05) is 6.07 Å². The molecule has 0 N–H and O–H groups in total. The van der Waals surface area contributed by atoms with Crippen LogP contribution in [0.15, 0.2) is 29.0 Å². The van der Waals surface area contributed by atoms with Crippen molar-refractivity contribution in [3.8, 4) is 0 Å². The number of carbonyl (C=O) groups is 1. The first-order valence-corrected chi connectivity index (χ1v) is 9.18. The molecule has 1 aromatic carbocycles. The summed E-state index contributed by atoms with van der Waals surface area (Å²) in [7, 11) is -3.17. The molecule has 8 heteroatoms. The number of hydrogen-bond acceptors (Lipinski definition) is 5. The van der Waals surface area contributed by atoms with Crippen LogP contribution in [0.2, 0.25) is 0 Å². The van der Waals surface area contributed by atoms with Crippen molar-refractivity contribution in [2.45, 2.75) is 13.3 Å². The molecule has 1 aliphatic rings. The number of amides is 1. The van der Waals surface area contributed by atoms with E-state index >= 15 is 0 Å². The van der Waals surface area contributed by atoms with E-state index in [4.69, 9.17) is 4.42 Å². The van der Waals surface area contributed by atoms with E-state index in [1.165, 1.54) is 10.7 Å². The maximum Gasteiger partial charge on any atom is 0.227 e. The number of carbonyl (C=O) groups excluding carboxylic acids is 1. The average molecular weight is 337 g/mol. The maximum atomic E-state index is 12.4. The fraction of sp³-hybridized carbons (Fsp3) is 0.467. The molecule has 1 amide bonds. The van der Waals surface area contributed by atoms with Gasteiger partial charge in [-0.05, 0) is 24.6 Å². The monoisotopic (exact) mass is 337 g/mol. The fourth-order valence-electron chi connectivity index (χ4n) is 2.69. The van der Waals surface area contributed by atoms with Crippen molar-refractivity contribution >= 4 is 27.0 Å². The minimum atomic E-state index is -3.17. The molecular formula is C15H19N3O4S. The van der Waals surface area contributed by atoms with Gasteiger partial charge in [0, 0.05) is 26.2 Å². The van der Waals surface area contributed by atoms with Gasteiger partial charge in [0.2, 0.25) is 15.9 Å². The van der Waals surface area contributed by atoms with Crippen LogP contribution in [0.4, 0.5) is 0 Å². The summed E-state index contributed by atoms with van der Waals surface area (Å²) in [4.78, 5) is 18.1. The van der Waals surface area contributed by atoms with Crippen LogP contribution in [0.5, 0.6) is 0 Å². The first-order chi connectivity index (χ1) is 11.0. The number of piperazine rings is 1. The smallest absolute Gasteiger partial charge is 0.227 e. The molecule has 0 radical (unpaired) electrons. The third kappa shape index (κ3) is 3.37. The van der Waals surface area contributed by atoms with Crippen LogP contribution in [0.3, 0.4) is 0 Å². The second kappa shape index (κ2) is 6.29. The van der Waals surface area contributed by atoms with E-state index in [0.29, 0.717) is 31.8 Å². The number of fused-ring (bicyclic) bond motifs is 1. The van der Waals surface area contributed by atoms with E-state index in [1.54, 1.807) is 11.8 Å². The van der Waals surface area contributed by atoms with Crippen molar-refractivity contribution in [1.82, 2.24) is 14.2 Å². The molecule has 124 valence electrons. The molecule has 0 spiro atoms. The lowest BCUT2D eigenvalue weighted by Gasteiger charge is -2.33. The standard InChI is InChI=1S/C15H19N3O4S/c1-2-23(20,21)18-7-5-17(6-8-18)15(19)10-12-3-4-13-14(9-12)22-11-16-13/h3-4,9,11H,2,5-8,10H2,1H3. The molecule has 0 saturated carbocycles. The molecule has 3 rings (SSSR count). The summed E-state index contributed by atoms with van der Waals surface area (Å²) in [5.41, 5.74) is 2.29. The summed E-state index contributed by atoms with van der Waals surface area (Å²) < 4.78 is 30.3. The highest BCUT2D eigenvalue weighted by Crippen LogP contribution is 2.16. The normalized spacial score (nSPS) is 16.8. The molecule has 7 nitrogen and oxygen atoms in total. The van der Waals surface area contributed by atoms with Crippen molar-refractivity contribution in [2.75, 3.05) is 31.9 Å². The van der Waals surface area contributed by atoms with Gasteiger partial charge in [0.1, 0.15) is 5.52 Å². The van der Waals surface area contributed by atoms with Crippen LogP contribution in [0.1, 0.15) is 12.5 Å². The average Bonchev–Trinajstić information content (AvgIpc) is 3.02. The Hall–Kier alpha value is -1.93. The lowest BCUT2D eigenvalue weighted by molar-refractivity contribution is -0.131. The zero-order valence-electron chi connectivity index (χ0n) is 12.9. The molecule has 23 heavy (non-hydrogen) atoms. The number of sulfonamides is 1. The molecule has 1 aliphatic heterocycles. The molecule has 1 saturated heterocycles. The van der Waals surface area contributed by atoms with Crippen molar-refractivity contribution in [1.29, 1.82) is 0 Å². The number of rotatable bonds is 4. The Balaban J connectivity index is 1.61. The maximum absolute atomic E-state index is 12.4. The Bertz CT molecular complexity index is 807. The lowest BCUT2D eigenvalue weighted by Crippen LogP contribution is -2.51. The Morgan fingerprint density at radius 2 is 2.00 bits per heavy atom.